The molecule has 1 amide bonds. The van der Waals surface area contributed by atoms with E-state index in [0.29, 0.717) is 13.2 Å². The van der Waals surface area contributed by atoms with Gasteiger partial charge in [-0.3, -0.25) is 14.6 Å². The second-order valence-electron chi connectivity index (χ2n) is 6.44. The monoisotopic (exact) mass is 338 g/mol. The van der Waals surface area contributed by atoms with Crippen molar-refractivity contribution in [3.8, 4) is 5.75 Å². The van der Waals surface area contributed by atoms with Crippen molar-refractivity contribution in [2.75, 3.05) is 6.61 Å². The van der Waals surface area contributed by atoms with Gasteiger partial charge in [0, 0.05) is 31.8 Å². The van der Waals surface area contributed by atoms with E-state index >= 15 is 0 Å². The van der Waals surface area contributed by atoms with Crippen LogP contribution in [0.15, 0.2) is 42.7 Å². The summed E-state index contributed by atoms with van der Waals surface area (Å²) in [5, 5.41) is 9.62. The molecule has 2 aliphatic heterocycles. The van der Waals surface area contributed by atoms with E-state index in [1.165, 1.54) is 0 Å². The molecule has 4 rings (SSSR count). The zero-order chi connectivity index (χ0) is 17.4. The Morgan fingerprint density at radius 3 is 3.00 bits per heavy atom. The van der Waals surface area contributed by atoms with E-state index in [4.69, 9.17) is 4.74 Å². The summed E-state index contributed by atoms with van der Waals surface area (Å²) >= 11 is 0. The van der Waals surface area contributed by atoms with E-state index < -0.39 is 17.9 Å². The summed E-state index contributed by atoms with van der Waals surface area (Å²) < 4.78 is 5.53. The van der Waals surface area contributed by atoms with Gasteiger partial charge in [0.25, 0.3) is 0 Å². The van der Waals surface area contributed by atoms with Gasteiger partial charge in [-0.05, 0) is 34.9 Å². The lowest BCUT2D eigenvalue weighted by molar-refractivity contribution is -0.142. The maximum absolute atomic E-state index is 12.5. The van der Waals surface area contributed by atoms with E-state index in [1.54, 1.807) is 17.3 Å². The van der Waals surface area contributed by atoms with Gasteiger partial charge in [-0.15, -0.1) is 0 Å². The lowest BCUT2D eigenvalue weighted by Crippen LogP contribution is -2.30. The first-order chi connectivity index (χ1) is 12.1. The van der Waals surface area contributed by atoms with Gasteiger partial charge in [0.15, 0.2) is 0 Å². The topological polar surface area (TPSA) is 79.7 Å². The Morgan fingerprint density at radius 1 is 1.36 bits per heavy atom. The van der Waals surface area contributed by atoms with Gasteiger partial charge in [0.05, 0.1) is 18.6 Å². The average molecular weight is 338 g/mol. The molecular formula is C19H18N2O4. The second-order valence-corrected chi connectivity index (χ2v) is 6.44. The summed E-state index contributed by atoms with van der Waals surface area (Å²) in [6.07, 6.45) is 4.21. The normalized spacial score (nSPS) is 21.9. The number of likely N-dealkylation sites (tertiary alicyclic amines) is 1. The molecule has 1 aromatic heterocycles. The molecular weight excluding hydrogens is 320 g/mol. The Bertz CT molecular complexity index is 821. The highest BCUT2D eigenvalue weighted by Gasteiger charge is 2.44. The third-order valence-electron chi connectivity index (χ3n) is 4.88. The minimum atomic E-state index is -0.941. The van der Waals surface area contributed by atoms with Crippen molar-refractivity contribution in [1.29, 1.82) is 0 Å². The predicted octanol–water partition coefficient (Wildman–Crippen LogP) is 2.19. The molecule has 6 nitrogen and oxygen atoms in total. The molecule has 2 aliphatic rings. The smallest absolute Gasteiger partial charge is 0.309 e. The number of carboxylic acid groups (broad SMARTS) is 1. The summed E-state index contributed by atoms with van der Waals surface area (Å²) in [4.78, 5) is 30.0. The predicted molar refractivity (Wildman–Crippen MR) is 88.9 cm³/mol. The molecule has 1 aromatic carbocycles. The molecule has 0 unspecified atom stereocenters. The fourth-order valence-electron chi connectivity index (χ4n) is 3.69. The SMILES string of the molecule is O=C(O)[C@H]1CC(=O)N(Cc2cccnc2)[C@H]1c1ccc2c(c1)CCO2. The molecule has 0 bridgehead atoms. The van der Waals surface area contributed by atoms with Gasteiger partial charge in [-0.1, -0.05) is 12.1 Å². The summed E-state index contributed by atoms with van der Waals surface area (Å²) in [7, 11) is 0. The van der Waals surface area contributed by atoms with Crippen LogP contribution in [0, 0.1) is 5.92 Å². The van der Waals surface area contributed by atoms with E-state index in [1.807, 2.05) is 30.3 Å². The van der Waals surface area contributed by atoms with Crippen LogP contribution in [0.4, 0.5) is 0 Å². The number of pyridine rings is 1. The van der Waals surface area contributed by atoms with Gasteiger partial charge < -0.3 is 14.7 Å². The van der Waals surface area contributed by atoms with E-state index in [0.717, 1.165) is 28.9 Å². The number of ether oxygens (including phenoxy) is 1. The van der Waals surface area contributed by atoms with Crippen molar-refractivity contribution < 1.29 is 19.4 Å². The quantitative estimate of drug-likeness (QED) is 0.924. The maximum atomic E-state index is 12.5. The van der Waals surface area contributed by atoms with Crippen molar-refractivity contribution >= 4 is 11.9 Å². The van der Waals surface area contributed by atoms with Crippen LogP contribution < -0.4 is 4.74 Å². The van der Waals surface area contributed by atoms with Gasteiger partial charge in [-0.2, -0.15) is 0 Å². The van der Waals surface area contributed by atoms with Crippen LogP contribution in [0.1, 0.15) is 29.2 Å². The molecule has 1 saturated heterocycles. The number of amides is 1. The van der Waals surface area contributed by atoms with E-state index in [9.17, 15) is 14.7 Å². The number of carbonyl (C=O) groups is 2. The van der Waals surface area contributed by atoms with Gasteiger partial charge in [-0.25, -0.2) is 0 Å². The number of hydrogen-bond donors (Lipinski definition) is 1. The molecule has 6 heteroatoms. The van der Waals surface area contributed by atoms with Gasteiger partial charge in [0.2, 0.25) is 5.91 Å². The molecule has 1 fully saturated rings. The van der Waals surface area contributed by atoms with Crippen molar-refractivity contribution in [2.45, 2.75) is 25.4 Å². The first-order valence-corrected chi connectivity index (χ1v) is 8.30. The van der Waals surface area contributed by atoms with Crippen molar-refractivity contribution in [2.24, 2.45) is 5.92 Å². The van der Waals surface area contributed by atoms with Crippen LogP contribution in [-0.2, 0) is 22.6 Å². The van der Waals surface area contributed by atoms with Crippen LogP contribution in [0.3, 0.4) is 0 Å². The minimum Gasteiger partial charge on any atom is -0.493 e. The standard InChI is InChI=1S/C19H18N2O4/c22-17-9-15(19(23)24)18(21(17)11-12-2-1-6-20-10-12)14-3-4-16-13(8-14)5-7-25-16/h1-4,6,8,10,15,18H,5,7,9,11H2,(H,23,24)/t15-,18-/m0/s1. The van der Waals surface area contributed by atoms with Gasteiger partial charge >= 0.3 is 5.97 Å². The number of fused-ring (bicyclic) bond motifs is 1. The molecule has 2 atom stereocenters. The molecule has 0 aliphatic carbocycles. The number of nitrogens with zero attached hydrogens (tertiary/aromatic N) is 2. The van der Waals surface area contributed by atoms with Crippen LogP contribution in [-0.4, -0.2) is 33.5 Å². The highest BCUT2D eigenvalue weighted by Crippen LogP contribution is 2.41. The van der Waals surface area contributed by atoms with Crippen molar-refractivity contribution in [3.05, 3.63) is 59.4 Å². The van der Waals surface area contributed by atoms with Crippen LogP contribution in [0.2, 0.25) is 0 Å². The van der Waals surface area contributed by atoms with Crippen LogP contribution in [0.5, 0.6) is 5.75 Å². The second kappa shape index (κ2) is 6.20. The fourth-order valence-corrected chi connectivity index (χ4v) is 3.69. The van der Waals surface area contributed by atoms with Gasteiger partial charge in [0.1, 0.15) is 5.75 Å². The fraction of sp³-hybridized carbons (Fsp3) is 0.316. The Kier molecular flexibility index (Phi) is 3.87. The summed E-state index contributed by atoms with van der Waals surface area (Å²) in [5.41, 5.74) is 2.81. The molecule has 25 heavy (non-hydrogen) atoms. The highest BCUT2D eigenvalue weighted by molar-refractivity contribution is 5.87. The lowest BCUT2D eigenvalue weighted by atomic mass is 9.92. The molecule has 128 valence electrons. The van der Waals surface area contributed by atoms with Crippen molar-refractivity contribution in [3.63, 3.8) is 0 Å². The zero-order valence-corrected chi connectivity index (χ0v) is 13.6. The first-order valence-electron chi connectivity index (χ1n) is 8.30. The van der Waals surface area contributed by atoms with Crippen LogP contribution >= 0.6 is 0 Å². The zero-order valence-electron chi connectivity index (χ0n) is 13.6. The number of rotatable bonds is 4. The number of aliphatic carboxylic acids is 1. The third kappa shape index (κ3) is 2.84. The molecule has 0 radical (unpaired) electrons. The first kappa shape index (κ1) is 15.6. The number of aromatic nitrogens is 1. The number of carbonyl (C=O) groups excluding carboxylic acids is 1. The minimum absolute atomic E-state index is 0.0217. The Balaban J connectivity index is 1.71. The van der Waals surface area contributed by atoms with Crippen LogP contribution in [0.25, 0.3) is 0 Å². The molecule has 3 heterocycles. The summed E-state index contributed by atoms with van der Waals surface area (Å²) in [5.74, 6) is -0.981. The Morgan fingerprint density at radius 2 is 2.24 bits per heavy atom. The van der Waals surface area contributed by atoms with E-state index in [2.05, 4.69) is 4.98 Å². The molecule has 2 aromatic rings. The summed E-state index contributed by atoms with van der Waals surface area (Å²) in [6, 6.07) is 8.96. The number of hydrogen-bond acceptors (Lipinski definition) is 4. The van der Waals surface area contributed by atoms with E-state index in [-0.39, 0.29) is 12.3 Å². The number of benzene rings is 1. The Labute approximate surface area is 145 Å². The average Bonchev–Trinajstić information content (AvgIpc) is 3.20. The third-order valence-corrected chi connectivity index (χ3v) is 4.88. The maximum Gasteiger partial charge on any atom is 0.309 e. The van der Waals surface area contributed by atoms with Crippen molar-refractivity contribution in [1.82, 2.24) is 9.88 Å². The largest absolute Gasteiger partial charge is 0.493 e. The molecule has 1 N–H and O–H groups in total. The highest BCUT2D eigenvalue weighted by atomic mass is 16.5. The summed E-state index contributed by atoms with van der Waals surface area (Å²) in [6.45, 7) is 0.999. The number of carboxylic acids is 1. The molecule has 0 spiro atoms. The Hall–Kier alpha value is -2.89. The molecule has 0 saturated carbocycles. The lowest BCUT2D eigenvalue weighted by Gasteiger charge is -2.27.